The summed E-state index contributed by atoms with van der Waals surface area (Å²) in [7, 11) is 3.90. The summed E-state index contributed by atoms with van der Waals surface area (Å²) >= 11 is 0. The first-order chi connectivity index (χ1) is 13.8. The van der Waals surface area contributed by atoms with Crippen LogP contribution < -0.4 is 10.2 Å². The Morgan fingerprint density at radius 3 is 2.62 bits per heavy atom. The first-order valence-corrected chi connectivity index (χ1v) is 10.7. The molecule has 1 aromatic carbocycles. The van der Waals surface area contributed by atoms with Crippen LogP contribution >= 0.6 is 24.0 Å². The van der Waals surface area contributed by atoms with Gasteiger partial charge in [0.25, 0.3) is 0 Å². The molecule has 0 saturated carbocycles. The predicted molar refractivity (Wildman–Crippen MR) is 131 cm³/mol. The van der Waals surface area contributed by atoms with E-state index in [0.717, 1.165) is 38.5 Å². The molecule has 1 unspecified atom stereocenters. The fourth-order valence-corrected chi connectivity index (χ4v) is 3.92. The first-order valence-electron chi connectivity index (χ1n) is 10.7. The molecule has 2 saturated heterocycles. The first kappa shape index (κ1) is 24.2. The SMILES string of the molecule is CN=C(NCCOCC1CCCO1)N(C)Cc1ccc(N2CCCCC2)cc1.I. The van der Waals surface area contributed by atoms with Gasteiger partial charge in [-0.15, -0.1) is 24.0 Å². The number of anilines is 1. The van der Waals surface area contributed by atoms with Crippen LogP contribution in [-0.2, 0) is 16.0 Å². The Morgan fingerprint density at radius 1 is 1.21 bits per heavy atom. The van der Waals surface area contributed by atoms with Crippen molar-refractivity contribution in [1.82, 2.24) is 10.2 Å². The highest BCUT2D eigenvalue weighted by atomic mass is 127. The number of hydrogen-bond acceptors (Lipinski definition) is 4. The number of benzene rings is 1. The zero-order valence-electron chi connectivity index (χ0n) is 17.9. The molecule has 0 bridgehead atoms. The number of nitrogens with one attached hydrogen (secondary N) is 1. The molecule has 7 heteroatoms. The topological polar surface area (TPSA) is 49.3 Å². The lowest BCUT2D eigenvalue weighted by atomic mass is 10.1. The molecule has 2 aliphatic heterocycles. The quantitative estimate of drug-likeness (QED) is 0.248. The van der Waals surface area contributed by atoms with Crippen molar-refractivity contribution >= 4 is 35.6 Å². The van der Waals surface area contributed by atoms with Crippen LogP contribution in [0.25, 0.3) is 0 Å². The van der Waals surface area contributed by atoms with E-state index in [-0.39, 0.29) is 30.1 Å². The highest BCUT2D eigenvalue weighted by Gasteiger charge is 2.15. The van der Waals surface area contributed by atoms with Gasteiger partial charge in [0.2, 0.25) is 0 Å². The van der Waals surface area contributed by atoms with Crippen molar-refractivity contribution in [3.8, 4) is 0 Å². The number of halogens is 1. The van der Waals surface area contributed by atoms with Gasteiger partial charge in [0, 0.05) is 52.6 Å². The molecule has 1 atom stereocenters. The third-order valence-corrected chi connectivity index (χ3v) is 5.51. The van der Waals surface area contributed by atoms with Crippen LogP contribution in [-0.4, -0.2) is 70.5 Å². The predicted octanol–water partition coefficient (Wildman–Crippen LogP) is 3.50. The van der Waals surface area contributed by atoms with E-state index >= 15 is 0 Å². The maximum absolute atomic E-state index is 5.72. The van der Waals surface area contributed by atoms with Crippen molar-refractivity contribution in [1.29, 1.82) is 0 Å². The van der Waals surface area contributed by atoms with Crippen LogP contribution in [0.1, 0.15) is 37.7 Å². The van der Waals surface area contributed by atoms with Gasteiger partial charge in [0.05, 0.1) is 19.3 Å². The lowest BCUT2D eigenvalue weighted by molar-refractivity contribution is 0.0190. The van der Waals surface area contributed by atoms with Gasteiger partial charge in [-0.1, -0.05) is 12.1 Å². The van der Waals surface area contributed by atoms with Gasteiger partial charge in [-0.25, -0.2) is 0 Å². The second kappa shape index (κ2) is 13.3. The normalized spacial score (nSPS) is 19.7. The molecule has 0 aliphatic carbocycles. The molecular weight excluding hydrogens is 479 g/mol. The second-order valence-corrected chi connectivity index (χ2v) is 7.75. The van der Waals surface area contributed by atoms with Crippen LogP contribution in [0.2, 0.25) is 0 Å². The highest BCUT2D eigenvalue weighted by Crippen LogP contribution is 2.20. The summed E-state index contributed by atoms with van der Waals surface area (Å²) in [5, 5.41) is 3.38. The van der Waals surface area contributed by atoms with Crippen LogP contribution in [0.3, 0.4) is 0 Å². The van der Waals surface area contributed by atoms with Crippen LogP contribution in [0.5, 0.6) is 0 Å². The summed E-state index contributed by atoms with van der Waals surface area (Å²) in [4.78, 5) is 9.04. The summed E-state index contributed by atoms with van der Waals surface area (Å²) in [6.07, 6.45) is 6.55. The van der Waals surface area contributed by atoms with Crippen molar-refractivity contribution in [2.45, 2.75) is 44.8 Å². The summed E-state index contributed by atoms with van der Waals surface area (Å²) in [5.74, 6) is 0.890. The van der Waals surface area contributed by atoms with Crippen LogP contribution in [0.15, 0.2) is 29.3 Å². The van der Waals surface area contributed by atoms with Gasteiger partial charge in [0.1, 0.15) is 0 Å². The molecule has 1 aromatic rings. The standard InChI is InChI=1S/C22H36N4O2.HI/c1-23-22(24-12-16-27-18-21-7-6-15-28-21)25(2)17-19-8-10-20(11-9-19)26-13-4-3-5-14-26;/h8-11,21H,3-7,12-18H2,1-2H3,(H,23,24);1H. The Balaban J connectivity index is 0.00000300. The second-order valence-electron chi connectivity index (χ2n) is 7.75. The molecule has 6 nitrogen and oxygen atoms in total. The van der Waals surface area contributed by atoms with Crippen molar-refractivity contribution in [3.63, 3.8) is 0 Å². The average Bonchev–Trinajstić information content (AvgIpc) is 3.25. The highest BCUT2D eigenvalue weighted by molar-refractivity contribution is 14.0. The van der Waals surface area contributed by atoms with E-state index < -0.39 is 0 Å². The van der Waals surface area contributed by atoms with Gasteiger partial charge < -0.3 is 24.6 Å². The maximum atomic E-state index is 5.72. The van der Waals surface area contributed by atoms with E-state index in [4.69, 9.17) is 9.47 Å². The Kier molecular flexibility index (Phi) is 11.1. The van der Waals surface area contributed by atoms with Crippen molar-refractivity contribution in [3.05, 3.63) is 29.8 Å². The third kappa shape index (κ3) is 7.94. The number of nitrogens with zero attached hydrogens (tertiary/aromatic N) is 3. The average molecular weight is 516 g/mol. The van der Waals surface area contributed by atoms with Gasteiger partial charge in [-0.3, -0.25) is 4.99 Å². The minimum absolute atomic E-state index is 0. The summed E-state index contributed by atoms with van der Waals surface area (Å²) in [5.41, 5.74) is 2.64. The molecule has 2 fully saturated rings. The molecule has 164 valence electrons. The molecule has 29 heavy (non-hydrogen) atoms. The Morgan fingerprint density at radius 2 is 1.97 bits per heavy atom. The Labute approximate surface area is 193 Å². The van der Waals surface area contributed by atoms with Gasteiger partial charge >= 0.3 is 0 Å². The number of guanidine groups is 1. The van der Waals surface area contributed by atoms with E-state index in [9.17, 15) is 0 Å². The molecule has 3 rings (SSSR count). The van der Waals surface area contributed by atoms with E-state index in [1.54, 1.807) is 0 Å². The smallest absolute Gasteiger partial charge is 0.193 e. The van der Waals surface area contributed by atoms with Crippen LogP contribution in [0, 0.1) is 0 Å². The van der Waals surface area contributed by atoms with Crippen molar-refractivity contribution in [2.75, 3.05) is 58.5 Å². The zero-order valence-corrected chi connectivity index (χ0v) is 20.3. The monoisotopic (exact) mass is 516 g/mol. The minimum Gasteiger partial charge on any atom is -0.377 e. The largest absolute Gasteiger partial charge is 0.377 e. The molecule has 0 aromatic heterocycles. The number of hydrogen-bond donors (Lipinski definition) is 1. The molecule has 0 spiro atoms. The van der Waals surface area contributed by atoms with E-state index in [2.05, 4.69) is 51.4 Å². The number of rotatable bonds is 8. The molecule has 0 amide bonds. The fraction of sp³-hybridized carbons (Fsp3) is 0.682. The molecule has 1 N–H and O–H groups in total. The van der Waals surface area contributed by atoms with E-state index in [0.29, 0.717) is 13.2 Å². The molecule has 0 radical (unpaired) electrons. The van der Waals surface area contributed by atoms with Gasteiger partial charge in [-0.05, 0) is 49.8 Å². The van der Waals surface area contributed by atoms with Crippen molar-refractivity contribution in [2.24, 2.45) is 4.99 Å². The third-order valence-electron chi connectivity index (χ3n) is 5.51. The summed E-state index contributed by atoms with van der Waals surface area (Å²) < 4.78 is 11.3. The summed E-state index contributed by atoms with van der Waals surface area (Å²) in [6.45, 7) is 6.18. The Hall–Kier alpha value is -1.06. The van der Waals surface area contributed by atoms with E-state index in [1.165, 1.54) is 43.6 Å². The lowest BCUT2D eigenvalue weighted by Gasteiger charge is -2.29. The maximum Gasteiger partial charge on any atom is 0.193 e. The lowest BCUT2D eigenvalue weighted by Crippen LogP contribution is -2.40. The number of aliphatic imine (C=N–C) groups is 1. The summed E-state index contributed by atoms with van der Waals surface area (Å²) in [6, 6.07) is 8.98. The van der Waals surface area contributed by atoms with Crippen LogP contribution in [0.4, 0.5) is 5.69 Å². The van der Waals surface area contributed by atoms with E-state index in [1.807, 2.05) is 7.05 Å². The number of ether oxygens (including phenoxy) is 2. The fourth-order valence-electron chi connectivity index (χ4n) is 3.92. The van der Waals surface area contributed by atoms with Crippen molar-refractivity contribution < 1.29 is 9.47 Å². The Bertz CT molecular complexity index is 599. The van der Waals surface area contributed by atoms with Gasteiger partial charge in [-0.2, -0.15) is 0 Å². The molecule has 2 heterocycles. The number of piperidine rings is 1. The zero-order chi connectivity index (χ0) is 19.6. The molecule has 2 aliphatic rings. The minimum atomic E-state index is 0. The van der Waals surface area contributed by atoms with Gasteiger partial charge in [0.15, 0.2) is 5.96 Å². The molecular formula is C22H37IN4O2.